The molecule has 6 rings (SSSR count). The minimum Gasteiger partial charge on any atom is -0.354 e. The Morgan fingerprint density at radius 1 is 1.00 bits per heavy atom. The Morgan fingerprint density at radius 2 is 1.62 bits per heavy atom. The Labute approximate surface area is 155 Å². The Morgan fingerprint density at radius 3 is 2.23 bits per heavy atom. The molecule has 0 radical (unpaired) electrons. The number of nitrogens with zero attached hydrogens (tertiary/aromatic N) is 4. The minimum absolute atomic E-state index is 0.0875. The van der Waals surface area contributed by atoms with Crippen molar-refractivity contribution in [2.45, 2.75) is 38.1 Å². The van der Waals surface area contributed by atoms with Gasteiger partial charge in [-0.1, -0.05) is 0 Å². The van der Waals surface area contributed by atoms with E-state index in [4.69, 9.17) is 0 Å². The van der Waals surface area contributed by atoms with E-state index in [9.17, 15) is 4.79 Å². The number of aryl methyl sites for hydroxylation is 1. The van der Waals surface area contributed by atoms with Crippen molar-refractivity contribution in [3.8, 4) is 0 Å². The van der Waals surface area contributed by atoms with Crippen molar-refractivity contribution in [1.82, 2.24) is 20.0 Å². The van der Waals surface area contributed by atoms with Gasteiger partial charge in [-0.2, -0.15) is 5.10 Å². The lowest BCUT2D eigenvalue weighted by molar-refractivity contribution is -0.0119. The molecule has 4 saturated carbocycles. The SMILES string of the molecule is CN1CCN(c2c(C(=O)NC3C4CC5CC(C4)CC3C5)cnn2C)CC1. The number of carbonyl (C=O) groups excluding carboxylic acids is 1. The summed E-state index contributed by atoms with van der Waals surface area (Å²) in [6, 6.07) is 0.385. The minimum atomic E-state index is 0.0875. The van der Waals surface area contributed by atoms with Gasteiger partial charge in [-0.3, -0.25) is 9.48 Å². The number of hydrogen-bond donors (Lipinski definition) is 1. The Bertz CT molecular complexity index is 662. The molecular formula is C20H31N5O. The molecule has 1 N–H and O–H groups in total. The molecule has 1 aromatic rings. The van der Waals surface area contributed by atoms with Crippen molar-refractivity contribution in [1.29, 1.82) is 0 Å². The highest BCUT2D eigenvalue weighted by atomic mass is 16.1. The van der Waals surface area contributed by atoms with Gasteiger partial charge in [-0.05, 0) is 62.8 Å². The van der Waals surface area contributed by atoms with Crippen molar-refractivity contribution in [3.63, 3.8) is 0 Å². The zero-order valence-electron chi connectivity index (χ0n) is 16.0. The first-order chi connectivity index (χ1) is 12.6. The van der Waals surface area contributed by atoms with Gasteiger partial charge in [0.05, 0.1) is 6.20 Å². The first-order valence-corrected chi connectivity index (χ1v) is 10.3. The molecular weight excluding hydrogens is 326 g/mol. The fourth-order valence-corrected chi connectivity index (χ4v) is 6.37. The fourth-order valence-electron chi connectivity index (χ4n) is 6.37. The van der Waals surface area contributed by atoms with Crippen molar-refractivity contribution < 1.29 is 4.79 Å². The lowest BCUT2D eigenvalue weighted by atomic mass is 9.54. The molecule has 0 aromatic carbocycles. The third-order valence-corrected chi connectivity index (χ3v) is 7.48. The van der Waals surface area contributed by atoms with E-state index < -0.39 is 0 Å². The predicted molar refractivity (Wildman–Crippen MR) is 101 cm³/mol. The molecule has 5 fully saturated rings. The van der Waals surface area contributed by atoms with Gasteiger partial charge in [0, 0.05) is 39.3 Å². The number of carbonyl (C=O) groups is 1. The van der Waals surface area contributed by atoms with E-state index in [0.29, 0.717) is 17.9 Å². The maximum absolute atomic E-state index is 13.2. The Hall–Kier alpha value is -1.56. The van der Waals surface area contributed by atoms with Gasteiger partial charge >= 0.3 is 0 Å². The molecule has 1 saturated heterocycles. The van der Waals surface area contributed by atoms with Crippen molar-refractivity contribution in [3.05, 3.63) is 11.8 Å². The number of rotatable bonds is 3. The van der Waals surface area contributed by atoms with E-state index in [1.807, 2.05) is 11.7 Å². The van der Waals surface area contributed by atoms with Crippen LogP contribution in [0, 0.1) is 23.7 Å². The van der Waals surface area contributed by atoms with E-state index in [-0.39, 0.29) is 5.91 Å². The van der Waals surface area contributed by atoms with E-state index in [1.54, 1.807) is 6.20 Å². The topological polar surface area (TPSA) is 53.4 Å². The molecule has 4 aliphatic carbocycles. The summed E-state index contributed by atoms with van der Waals surface area (Å²) in [5.74, 6) is 4.36. The molecule has 1 amide bonds. The van der Waals surface area contributed by atoms with Crippen LogP contribution in [0.3, 0.4) is 0 Å². The molecule has 0 atom stereocenters. The molecule has 2 heterocycles. The molecule has 1 aromatic heterocycles. The lowest BCUT2D eigenvalue weighted by Gasteiger charge is -2.54. The molecule has 1 aliphatic heterocycles. The first-order valence-electron chi connectivity index (χ1n) is 10.3. The van der Waals surface area contributed by atoms with Gasteiger partial charge in [0.2, 0.25) is 0 Å². The lowest BCUT2D eigenvalue weighted by Crippen LogP contribution is -2.56. The van der Waals surface area contributed by atoms with Crippen LogP contribution in [0.15, 0.2) is 6.20 Å². The third-order valence-electron chi connectivity index (χ3n) is 7.48. The van der Waals surface area contributed by atoms with Gasteiger partial charge in [0.25, 0.3) is 5.91 Å². The third kappa shape index (κ3) is 2.73. The van der Waals surface area contributed by atoms with E-state index in [2.05, 4.69) is 27.3 Å². The summed E-state index contributed by atoms with van der Waals surface area (Å²) in [4.78, 5) is 17.8. The van der Waals surface area contributed by atoms with Crippen LogP contribution in [0.2, 0.25) is 0 Å². The Balaban J connectivity index is 1.33. The summed E-state index contributed by atoms with van der Waals surface area (Å²) in [7, 11) is 4.11. The second-order valence-corrected chi connectivity index (χ2v) is 9.23. The first kappa shape index (κ1) is 16.6. The van der Waals surface area contributed by atoms with E-state index in [0.717, 1.165) is 49.4 Å². The summed E-state index contributed by atoms with van der Waals surface area (Å²) >= 11 is 0. The van der Waals surface area contributed by atoms with Crippen LogP contribution in [0.5, 0.6) is 0 Å². The molecule has 6 nitrogen and oxygen atoms in total. The van der Waals surface area contributed by atoms with E-state index in [1.165, 1.54) is 32.1 Å². The number of piperazine rings is 1. The number of aromatic nitrogens is 2. The molecule has 5 aliphatic rings. The smallest absolute Gasteiger partial charge is 0.256 e. The summed E-state index contributed by atoms with van der Waals surface area (Å²) in [6.45, 7) is 3.96. The number of amides is 1. The number of hydrogen-bond acceptors (Lipinski definition) is 4. The van der Waals surface area contributed by atoms with Crippen LogP contribution in [0.25, 0.3) is 0 Å². The Kier molecular flexibility index (Phi) is 3.99. The number of anilines is 1. The number of nitrogens with one attached hydrogen (secondary N) is 1. The van der Waals surface area contributed by atoms with E-state index >= 15 is 0 Å². The van der Waals surface area contributed by atoms with Crippen molar-refractivity contribution in [2.75, 3.05) is 38.1 Å². The van der Waals surface area contributed by atoms with Gasteiger partial charge in [-0.25, -0.2) is 0 Å². The summed E-state index contributed by atoms with van der Waals surface area (Å²) in [5, 5.41) is 7.87. The fraction of sp³-hybridized carbons (Fsp3) is 0.800. The van der Waals surface area contributed by atoms with Gasteiger partial charge < -0.3 is 15.1 Å². The predicted octanol–water partition coefficient (Wildman–Crippen LogP) is 1.73. The molecule has 6 heteroatoms. The second-order valence-electron chi connectivity index (χ2n) is 9.23. The standard InChI is InChI=1S/C20H31N5O/c1-23-3-5-25(6-4-23)20-17(12-21-24(20)2)19(26)22-18-15-8-13-7-14(10-15)11-16(18)9-13/h12-16,18H,3-11H2,1-2H3,(H,22,26). The zero-order valence-corrected chi connectivity index (χ0v) is 16.0. The average Bonchev–Trinajstić information content (AvgIpc) is 3.00. The average molecular weight is 358 g/mol. The maximum atomic E-state index is 13.2. The van der Waals surface area contributed by atoms with Gasteiger partial charge in [-0.15, -0.1) is 0 Å². The largest absolute Gasteiger partial charge is 0.354 e. The van der Waals surface area contributed by atoms with Crippen LogP contribution in [-0.2, 0) is 7.05 Å². The van der Waals surface area contributed by atoms with Crippen LogP contribution >= 0.6 is 0 Å². The highest BCUT2D eigenvalue weighted by Crippen LogP contribution is 2.53. The zero-order chi connectivity index (χ0) is 17.8. The highest BCUT2D eigenvalue weighted by Gasteiger charge is 2.48. The quantitative estimate of drug-likeness (QED) is 0.895. The molecule has 0 spiro atoms. The normalized spacial score (nSPS) is 36.5. The van der Waals surface area contributed by atoms with Crippen molar-refractivity contribution in [2.24, 2.45) is 30.7 Å². The summed E-state index contributed by atoms with van der Waals surface area (Å²) in [5.41, 5.74) is 0.755. The van der Waals surface area contributed by atoms with Crippen LogP contribution in [0.4, 0.5) is 5.82 Å². The highest BCUT2D eigenvalue weighted by molar-refractivity contribution is 5.99. The molecule has 142 valence electrons. The summed E-state index contributed by atoms with van der Waals surface area (Å²) in [6.07, 6.45) is 8.53. The van der Waals surface area contributed by atoms with Gasteiger partial charge in [0.1, 0.15) is 11.4 Å². The molecule has 4 bridgehead atoms. The number of likely N-dealkylation sites (N-methyl/N-ethyl adjacent to an activating group) is 1. The van der Waals surface area contributed by atoms with Crippen LogP contribution in [0.1, 0.15) is 42.5 Å². The monoisotopic (exact) mass is 357 g/mol. The molecule has 0 unspecified atom stereocenters. The maximum Gasteiger partial charge on any atom is 0.256 e. The van der Waals surface area contributed by atoms with Gasteiger partial charge in [0.15, 0.2) is 0 Å². The van der Waals surface area contributed by atoms with Crippen molar-refractivity contribution >= 4 is 11.7 Å². The van der Waals surface area contributed by atoms with Crippen LogP contribution in [-0.4, -0.2) is 59.9 Å². The molecule has 26 heavy (non-hydrogen) atoms. The summed E-state index contributed by atoms with van der Waals surface area (Å²) < 4.78 is 1.87. The van der Waals surface area contributed by atoms with Crippen LogP contribution < -0.4 is 10.2 Å². The second kappa shape index (κ2) is 6.25.